The molecule has 0 unspecified atom stereocenters. The highest BCUT2D eigenvalue weighted by Gasteiger charge is 2.20. The Balaban J connectivity index is 1.33. The standard InChI is InChI=1S/C40H24N4O/c1-2-11-26(12-3-1)33-24-30(23-28-14-6-7-15-31(28)33)39-42-38(29-19-18-25-10-4-5-13-27(25)22-29)43-40(44-39)37-36-32-16-8-9-17-34(32)45-35(36)20-21-41-37/h1-24H. The normalized spacial score (nSPS) is 11.6. The van der Waals surface area contributed by atoms with Gasteiger partial charge < -0.3 is 4.42 Å². The first-order valence-corrected chi connectivity index (χ1v) is 14.9. The maximum Gasteiger partial charge on any atom is 0.183 e. The highest BCUT2D eigenvalue weighted by molar-refractivity contribution is 6.10. The summed E-state index contributed by atoms with van der Waals surface area (Å²) in [5.41, 5.74) is 6.27. The fourth-order valence-corrected chi connectivity index (χ4v) is 6.20. The van der Waals surface area contributed by atoms with Crippen LogP contribution in [0.25, 0.3) is 88.9 Å². The van der Waals surface area contributed by atoms with Gasteiger partial charge in [0.1, 0.15) is 16.9 Å². The van der Waals surface area contributed by atoms with Crippen LogP contribution >= 0.6 is 0 Å². The Morgan fingerprint density at radius 3 is 1.96 bits per heavy atom. The number of aromatic nitrogens is 4. The first kappa shape index (κ1) is 25.3. The number of hydrogen-bond donors (Lipinski definition) is 0. The number of fused-ring (bicyclic) bond motifs is 5. The van der Waals surface area contributed by atoms with Crippen molar-refractivity contribution in [3.8, 4) is 45.4 Å². The van der Waals surface area contributed by atoms with Gasteiger partial charge in [0, 0.05) is 22.7 Å². The molecule has 0 saturated carbocycles. The zero-order valence-electron chi connectivity index (χ0n) is 24.1. The van der Waals surface area contributed by atoms with Crippen molar-refractivity contribution < 1.29 is 4.42 Å². The number of para-hydroxylation sites is 1. The summed E-state index contributed by atoms with van der Waals surface area (Å²) in [6.07, 6.45) is 1.75. The van der Waals surface area contributed by atoms with Crippen LogP contribution in [0.2, 0.25) is 0 Å². The van der Waals surface area contributed by atoms with E-state index >= 15 is 0 Å². The van der Waals surface area contributed by atoms with Crippen molar-refractivity contribution in [2.75, 3.05) is 0 Å². The van der Waals surface area contributed by atoms with E-state index in [1.54, 1.807) is 6.20 Å². The Kier molecular flexibility index (Phi) is 5.74. The topological polar surface area (TPSA) is 64.7 Å². The molecule has 5 nitrogen and oxygen atoms in total. The molecule has 9 rings (SSSR count). The molecule has 0 fully saturated rings. The molecule has 5 heteroatoms. The van der Waals surface area contributed by atoms with Crippen molar-refractivity contribution in [3.05, 3.63) is 146 Å². The zero-order valence-corrected chi connectivity index (χ0v) is 24.1. The van der Waals surface area contributed by atoms with E-state index in [0.29, 0.717) is 23.2 Å². The van der Waals surface area contributed by atoms with Crippen LogP contribution in [-0.2, 0) is 0 Å². The van der Waals surface area contributed by atoms with Gasteiger partial charge in [-0.3, -0.25) is 4.98 Å². The number of nitrogens with zero attached hydrogens (tertiary/aromatic N) is 4. The SMILES string of the molecule is c1ccc(-c2cc(-c3nc(-c4ccc5ccccc5c4)nc(-c4nccc5oc6ccccc6c45)n3)cc3ccccc23)cc1. The molecule has 210 valence electrons. The monoisotopic (exact) mass is 576 g/mol. The van der Waals surface area contributed by atoms with Crippen LogP contribution in [0.3, 0.4) is 0 Å². The molecule has 3 aromatic heterocycles. The number of rotatable bonds is 4. The van der Waals surface area contributed by atoms with Gasteiger partial charge in [-0.15, -0.1) is 0 Å². The van der Waals surface area contributed by atoms with E-state index in [-0.39, 0.29) is 0 Å². The van der Waals surface area contributed by atoms with Gasteiger partial charge in [-0.1, -0.05) is 109 Å². The van der Waals surface area contributed by atoms with Gasteiger partial charge in [0.05, 0.1) is 5.39 Å². The predicted molar refractivity (Wildman–Crippen MR) is 182 cm³/mol. The van der Waals surface area contributed by atoms with Crippen molar-refractivity contribution >= 4 is 43.5 Å². The van der Waals surface area contributed by atoms with Crippen molar-refractivity contribution in [2.24, 2.45) is 0 Å². The third kappa shape index (κ3) is 4.33. The summed E-state index contributed by atoms with van der Waals surface area (Å²) in [5.74, 6) is 1.66. The first-order chi connectivity index (χ1) is 22.3. The molecule has 0 aliphatic rings. The molecule has 0 bridgehead atoms. The lowest BCUT2D eigenvalue weighted by atomic mass is 9.95. The molecular formula is C40H24N4O. The second-order valence-electron chi connectivity index (χ2n) is 11.1. The first-order valence-electron chi connectivity index (χ1n) is 14.9. The fourth-order valence-electron chi connectivity index (χ4n) is 6.20. The summed E-state index contributed by atoms with van der Waals surface area (Å²) in [5, 5.41) is 6.43. The average Bonchev–Trinajstić information content (AvgIpc) is 3.50. The van der Waals surface area contributed by atoms with Crippen LogP contribution in [0.5, 0.6) is 0 Å². The van der Waals surface area contributed by atoms with Crippen LogP contribution in [0.15, 0.2) is 150 Å². The molecule has 0 spiro atoms. The molecule has 0 N–H and O–H groups in total. The van der Waals surface area contributed by atoms with E-state index in [1.807, 2.05) is 48.5 Å². The van der Waals surface area contributed by atoms with Crippen molar-refractivity contribution in [3.63, 3.8) is 0 Å². The second kappa shape index (κ2) is 10.2. The van der Waals surface area contributed by atoms with E-state index in [0.717, 1.165) is 60.4 Å². The lowest BCUT2D eigenvalue weighted by Gasteiger charge is -2.12. The smallest absolute Gasteiger partial charge is 0.183 e. The molecule has 6 aromatic carbocycles. The highest BCUT2D eigenvalue weighted by atomic mass is 16.3. The van der Waals surface area contributed by atoms with Gasteiger partial charge in [-0.05, 0) is 63.0 Å². The Morgan fingerprint density at radius 2 is 1.09 bits per heavy atom. The van der Waals surface area contributed by atoms with Crippen LogP contribution in [-0.4, -0.2) is 19.9 Å². The molecule has 45 heavy (non-hydrogen) atoms. The molecule has 9 aromatic rings. The minimum atomic E-state index is 0.495. The number of pyridine rings is 1. The Hall–Kier alpha value is -6.20. The highest BCUT2D eigenvalue weighted by Crippen LogP contribution is 2.37. The van der Waals surface area contributed by atoms with Crippen LogP contribution in [0.1, 0.15) is 0 Å². The quantitative estimate of drug-likeness (QED) is 0.209. The van der Waals surface area contributed by atoms with Crippen molar-refractivity contribution in [2.45, 2.75) is 0 Å². The van der Waals surface area contributed by atoms with E-state index in [1.165, 1.54) is 5.39 Å². The van der Waals surface area contributed by atoms with E-state index < -0.39 is 0 Å². The summed E-state index contributed by atoms with van der Waals surface area (Å²) in [4.78, 5) is 20.1. The number of benzene rings is 6. The lowest BCUT2D eigenvalue weighted by molar-refractivity contribution is 0.668. The molecule has 0 radical (unpaired) electrons. The predicted octanol–water partition coefficient (Wildman–Crippen LogP) is 10.1. The maximum atomic E-state index is 6.19. The molecule has 0 aliphatic carbocycles. The summed E-state index contributed by atoms with van der Waals surface area (Å²) in [7, 11) is 0. The molecule has 0 atom stereocenters. The van der Waals surface area contributed by atoms with E-state index in [9.17, 15) is 0 Å². The molecule has 0 saturated heterocycles. The Morgan fingerprint density at radius 1 is 0.422 bits per heavy atom. The summed E-state index contributed by atoms with van der Waals surface area (Å²) in [6, 6.07) is 47.8. The molecule has 0 amide bonds. The minimum absolute atomic E-state index is 0.495. The Bertz CT molecular complexity index is 2550. The number of furan rings is 1. The third-order valence-electron chi connectivity index (χ3n) is 8.35. The largest absolute Gasteiger partial charge is 0.456 e. The zero-order chi connectivity index (χ0) is 29.7. The fraction of sp³-hybridized carbons (Fsp3) is 0. The van der Waals surface area contributed by atoms with Crippen LogP contribution in [0.4, 0.5) is 0 Å². The van der Waals surface area contributed by atoms with Crippen LogP contribution < -0.4 is 0 Å². The maximum absolute atomic E-state index is 6.19. The van der Waals surface area contributed by atoms with Gasteiger partial charge in [0.2, 0.25) is 0 Å². The summed E-state index contributed by atoms with van der Waals surface area (Å²) in [6.45, 7) is 0. The Labute approximate surface area is 258 Å². The van der Waals surface area contributed by atoms with Crippen LogP contribution in [0, 0.1) is 0 Å². The van der Waals surface area contributed by atoms with Gasteiger partial charge in [0.25, 0.3) is 0 Å². The van der Waals surface area contributed by atoms with Gasteiger partial charge in [0.15, 0.2) is 17.5 Å². The summed E-state index contributed by atoms with van der Waals surface area (Å²) >= 11 is 0. The third-order valence-corrected chi connectivity index (χ3v) is 8.35. The summed E-state index contributed by atoms with van der Waals surface area (Å²) < 4.78 is 6.19. The van der Waals surface area contributed by atoms with E-state index in [2.05, 4.69) is 91.0 Å². The van der Waals surface area contributed by atoms with Crippen molar-refractivity contribution in [1.82, 2.24) is 19.9 Å². The molecular weight excluding hydrogens is 552 g/mol. The molecule has 0 aliphatic heterocycles. The average molecular weight is 577 g/mol. The van der Waals surface area contributed by atoms with Gasteiger partial charge >= 0.3 is 0 Å². The van der Waals surface area contributed by atoms with E-state index in [4.69, 9.17) is 24.4 Å². The van der Waals surface area contributed by atoms with Crippen molar-refractivity contribution in [1.29, 1.82) is 0 Å². The lowest BCUT2D eigenvalue weighted by Crippen LogP contribution is -2.02. The minimum Gasteiger partial charge on any atom is -0.456 e. The van der Waals surface area contributed by atoms with Gasteiger partial charge in [-0.2, -0.15) is 0 Å². The number of hydrogen-bond acceptors (Lipinski definition) is 5. The molecule has 3 heterocycles. The second-order valence-corrected chi connectivity index (χ2v) is 11.1. The van der Waals surface area contributed by atoms with Gasteiger partial charge in [-0.25, -0.2) is 15.0 Å².